The maximum atomic E-state index is 5.97. The summed E-state index contributed by atoms with van der Waals surface area (Å²) < 4.78 is 0. The van der Waals surface area contributed by atoms with Gasteiger partial charge in [-0.15, -0.1) is 6.58 Å². The van der Waals surface area contributed by atoms with E-state index in [1.54, 1.807) is 12.1 Å². The second kappa shape index (κ2) is 4.12. The third-order valence-corrected chi connectivity index (χ3v) is 2.86. The van der Waals surface area contributed by atoms with Crippen LogP contribution < -0.4 is 5.19 Å². The summed E-state index contributed by atoms with van der Waals surface area (Å²) in [4.78, 5) is 0. The summed E-state index contributed by atoms with van der Waals surface area (Å²) in [6.45, 7) is 3.64. The van der Waals surface area contributed by atoms with E-state index in [0.717, 1.165) is 17.2 Å². The molecule has 0 heterocycles. The molecule has 0 saturated carbocycles. The summed E-state index contributed by atoms with van der Waals surface area (Å²) in [6.07, 6.45) is 2.51. The van der Waals surface area contributed by atoms with Crippen LogP contribution >= 0.6 is 23.2 Å². The van der Waals surface area contributed by atoms with Gasteiger partial charge in [-0.3, -0.25) is 0 Å². The molecule has 0 aromatic heterocycles. The van der Waals surface area contributed by atoms with Crippen LogP contribution in [-0.4, -0.2) is 10.2 Å². The van der Waals surface area contributed by atoms with E-state index in [9.17, 15) is 0 Å². The Bertz CT molecular complexity index is 308. The van der Waals surface area contributed by atoms with Crippen molar-refractivity contribution < 1.29 is 0 Å². The molecular weight excluding hydrogens is 207 g/mol. The first-order chi connectivity index (χ1) is 5.66. The minimum atomic E-state index is 0.579. The Hall–Kier alpha value is -0.243. The van der Waals surface area contributed by atoms with E-state index in [-0.39, 0.29) is 0 Å². The van der Waals surface area contributed by atoms with Gasteiger partial charge in [0, 0.05) is 0 Å². The lowest BCUT2D eigenvalue weighted by Gasteiger charge is -2.06. The molecular formula is C9H7Cl2Si. The van der Waals surface area contributed by atoms with Gasteiger partial charge < -0.3 is 0 Å². The van der Waals surface area contributed by atoms with Gasteiger partial charge in [0.1, 0.15) is 0 Å². The molecule has 3 heteroatoms. The Balaban J connectivity index is 3.22. The van der Waals surface area contributed by atoms with Crippen molar-refractivity contribution in [2.75, 3.05) is 0 Å². The average molecular weight is 214 g/mol. The quantitative estimate of drug-likeness (QED) is 0.524. The third kappa shape index (κ3) is 1.92. The minimum Gasteiger partial charge on any atom is -0.103 e. The zero-order valence-electron chi connectivity index (χ0n) is 6.40. The standard InChI is InChI=1S/C9H7Cl2Si/c1-2-3-6-8(12)5-4-7(10)9(6)11/h2,4-5H,1,3H2. The summed E-state index contributed by atoms with van der Waals surface area (Å²) in [7, 11) is 3.44. The van der Waals surface area contributed by atoms with Crippen molar-refractivity contribution in [2.45, 2.75) is 6.42 Å². The fraction of sp³-hybridized carbons (Fsp3) is 0.111. The highest BCUT2D eigenvalue weighted by atomic mass is 35.5. The van der Waals surface area contributed by atoms with E-state index in [2.05, 4.69) is 16.8 Å². The molecule has 0 aliphatic carbocycles. The molecule has 0 unspecified atom stereocenters. The second-order valence-corrected chi connectivity index (χ2v) is 3.70. The van der Waals surface area contributed by atoms with Gasteiger partial charge in [-0.2, -0.15) is 0 Å². The van der Waals surface area contributed by atoms with Crippen LogP contribution in [0.5, 0.6) is 0 Å². The molecule has 1 rings (SSSR count). The van der Waals surface area contributed by atoms with Crippen molar-refractivity contribution in [1.82, 2.24) is 0 Å². The monoisotopic (exact) mass is 213 g/mol. The number of halogens is 2. The highest BCUT2D eigenvalue weighted by Gasteiger charge is 2.05. The fourth-order valence-corrected chi connectivity index (χ4v) is 1.75. The SMILES string of the molecule is C=CCc1c([Si])ccc(Cl)c1Cl. The second-order valence-electron chi connectivity index (χ2n) is 2.38. The molecule has 0 atom stereocenters. The number of allylic oxidation sites excluding steroid dienone is 1. The van der Waals surface area contributed by atoms with Crippen molar-refractivity contribution in [3.8, 4) is 0 Å². The van der Waals surface area contributed by atoms with Crippen molar-refractivity contribution in [1.29, 1.82) is 0 Å². The summed E-state index contributed by atoms with van der Waals surface area (Å²) in [6, 6.07) is 3.64. The maximum Gasteiger partial charge on any atom is 0.0716 e. The zero-order chi connectivity index (χ0) is 9.14. The van der Waals surface area contributed by atoms with Crippen LogP contribution in [0.3, 0.4) is 0 Å². The van der Waals surface area contributed by atoms with Crippen molar-refractivity contribution in [2.24, 2.45) is 0 Å². The van der Waals surface area contributed by atoms with E-state index < -0.39 is 0 Å². The fourth-order valence-electron chi connectivity index (χ4n) is 0.937. The predicted octanol–water partition coefficient (Wildman–Crippen LogP) is 2.52. The molecule has 0 aliphatic heterocycles. The predicted molar refractivity (Wildman–Crippen MR) is 55.8 cm³/mol. The molecule has 0 spiro atoms. The number of rotatable bonds is 2. The van der Waals surface area contributed by atoms with Gasteiger partial charge in [-0.25, -0.2) is 0 Å². The van der Waals surface area contributed by atoms with Gasteiger partial charge in [0.25, 0.3) is 0 Å². The highest BCUT2D eigenvalue weighted by Crippen LogP contribution is 2.24. The van der Waals surface area contributed by atoms with Crippen LogP contribution in [0.25, 0.3) is 0 Å². The van der Waals surface area contributed by atoms with Crippen LogP contribution in [-0.2, 0) is 6.42 Å². The van der Waals surface area contributed by atoms with Gasteiger partial charge >= 0.3 is 0 Å². The highest BCUT2D eigenvalue weighted by molar-refractivity contribution is 6.44. The van der Waals surface area contributed by atoms with Gasteiger partial charge in [0.15, 0.2) is 0 Å². The van der Waals surface area contributed by atoms with Gasteiger partial charge in [-0.05, 0) is 18.1 Å². The summed E-state index contributed by atoms with van der Waals surface area (Å²) in [5, 5.41) is 2.14. The smallest absolute Gasteiger partial charge is 0.0716 e. The van der Waals surface area contributed by atoms with E-state index in [0.29, 0.717) is 10.0 Å². The number of hydrogen-bond acceptors (Lipinski definition) is 0. The summed E-state index contributed by atoms with van der Waals surface area (Å²) >= 11 is 11.8. The molecule has 0 amide bonds. The molecule has 0 aliphatic rings. The Labute approximate surface area is 85.6 Å². The maximum absolute atomic E-state index is 5.97. The first kappa shape index (κ1) is 9.84. The van der Waals surface area contributed by atoms with Crippen LogP contribution in [0.2, 0.25) is 10.0 Å². The number of benzene rings is 1. The summed E-state index contributed by atoms with van der Waals surface area (Å²) in [5.41, 5.74) is 0.982. The van der Waals surface area contributed by atoms with E-state index in [4.69, 9.17) is 23.2 Å². The lowest BCUT2D eigenvalue weighted by Crippen LogP contribution is -2.10. The van der Waals surface area contributed by atoms with Crippen LogP contribution in [0.15, 0.2) is 24.8 Å². The van der Waals surface area contributed by atoms with Gasteiger partial charge in [0.05, 0.1) is 20.3 Å². The molecule has 3 radical (unpaired) electrons. The van der Waals surface area contributed by atoms with Gasteiger partial charge in [-0.1, -0.05) is 40.5 Å². The first-order valence-electron chi connectivity index (χ1n) is 3.46. The molecule has 0 nitrogen and oxygen atoms in total. The Morgan fingerprint density at radius 1 is 1.42 bits per heavy atom. The lowest BCUT2D eigenvalue weighted by atomic mass is 10.1. The Morgan fingerprint density at radius 2 is 2.08 bits per heavy atom. The molecule has 0 fully saturated rings. The van der Waals surface area contributed by atoms with Crippen molar-refractivity contribution >= 4 is 38.6 Å². The number of hydrogen-bond donors (Lipinski definition) is 0. The van der Waals surface area contributed by atoms with Crippen LogP contribution in [0.4, 0.5) is 0 Å². The molecule has 1 aromatic carbocycles. The normalized spacial score (nSPS) is 9.92. The molecule has 12 heavy (non-hydrogen) atoms. The van der Waals surface area contributed by atoms with Gasteiger partial charge in [0.2, 0.25) is 0 Å². The third-order valence-electron chi connectivity index (χ3n) is 1.54. The zero-order valence-corrected chi connectivity index (χ0v) is 8.91. The van der Waals surface area contributed by atoms with Crippen molar-refractivity contribution in [3.63, 3.8) is 0 Å². The van der Waals surface area contributed by atoms with E-state index in [1.165, 1.54) is 0 Å². The lowest BCUT2D eigenvalue weighted by molar-refractivity contribution is 1.30. The van der Waals surface area contributed by atoms with Crippen LogP contribution in [0, 0.1) is 0 Å². The molecule has 0 N–H and O–H groups in total. The molecule has 1 aromatic rings. The minimum absolute atomic E-state index is 0.579. The topological polar surface area (TPSA) is 0 Å². The van der Waals surface area contributed by atoms with Crippen LogP contribution in [0.1, 0.15) is 5.56 Å². The van der Waals surface area contributed by atoms with E-state index >= 15 is 0 Å². The Kier molecular flexibility index (Phi) is 3.38. The molecule has 61 valence electrons. The van der Waals surface area contributed by atoms with Crippen molar-refractivity contribution in [3.05, 3.63) is 40.4 Å². The molecule has 0 bridgehead atoms. The summed E-state index contributed by atoms with van der Waals surface area (Å²) in [5.74, 6) is 0. The average Bonchev–Trinajstić information content (AvgIpc) is 2.06. The Morgan fingerprint density at radius 3 is 2.67 bits per heavy atom. The van der Waals surface area contributed by atoms with E-state index in [1.807, 2.05) is 6.07 Å². The molecule has 0 saturated heterocycles. The first-order valence-corrected chi connectivity index (χ1v) is 4.71. The largest absolute Gasteiger partial charge is 0.103 e.